The Labute approximate surface area is 232 Å². The lowest BCUT2D eigenvalue weighted by Gasteiger charge is -2.29. The van der Waals surface area contributed by atoms with Crippen LogP contribution in [0.3, 0.4) is 0 Å². The molecule has 1 aliphatic rings. The predicted octanol–water partition coefficient (Wildman–Crippen LogP) is 2.79. The van der Waals surface area contributed by atoms with Crippen molar-refractivity contribution in [1.82, 2.24) is 19.6 Å². The molecule has 7 atom stereocenters. The first-order chi connectivity index (χ1) is 18.8. The van der Waals surface area contributed by atoms with Crippen molar-refractivity contribution in [3.63, 3.8) is 0 Å². The molecule has 3 heterocycles. The summed E-state index contributed by atoms with van der Waals surface area (Å²) >= 11 is 0. The highest BCUT2D eigenvalue weighted by atomic mass is 31.2. The van der Waals surface area contributed by atoms with Crippen molar-refractivity contribution in [3.8, 4) is 5.75 Å². The number of imidazole rings is 1. The summed E-state index contributed by atoms with van der Waals surface area (Å²) in [5.74, 6) is -0.422. The van der Waals surface area contributed by atoms with E-state index >= 15 is 0 Å². The lowest BCUT2D eigenvalue weighted by atomic mass is 9.99. The number of ether oxygens (including phenoxy) is 2. The summed E-state index contributed by atoms with van der Waals surface area (Å²) in [6.45, 7) is 8.89. The Morgan fingerprint density at radius 2 is 1.88 bits per heavy atom. The number of pyridine rings is 1. The molecule has 0 amide bonds. The van der Waals surface area contributed by atoms with E-state index in [2.05, 4.69) is 15.1 Å². The number of para-hydroxylation sites is 1. The van der Waals surface area contributed by atoms with Crippen molar-refractivity contribution in [2.75, 3.05) is 12.3 Å². The van der Waals surface area contributed by atoms with Crippen LogP contribution in [0.5, 0.6) is 5.75 Å². The zero-order valence-corrected chi connectivity index (χ0v) is 23.9. The van der Waals surface area contributed by atoms with E-state index in [0.29, 0.717) is 16.9 Å². The van der Waals surface area contributed by atoms with Crippen LogP contribution < -0.4 is 15.3 Å². The number of aromatic nitrogens is 3. The first-order valence-corrected chi connectivity index (χ1v) is 14.4. The molecule has 0 radical (unpaired) electrons. The van der Waals surface area contributed by atoms with Gasteiger partial charge in [0.2, 0.25) is 0 Å². The zero-order chi connectivity index (χ0) is 29.2. The Morgan fingerprint density at radius 1 is 1.18 bits per heavy atom. The first kappa shape index (κ1) is 29.9. The van der Waals surface area contributed by atoms with Gasteiger partial charge in [0.05, 0.1) is 24.7 Å². The van der Waals surface area contributed by atoms with E-state index in [1.54, 1.807) is 36.4 Å². The molecule has 0 saturated carbocycles. The fourth-order valence-electron chi connectivity index (χ4n) is 4.12. The Balaban J connectivity index is 1.53. The molecule has 2 aromatic heterocycles. The van der Waals surface area contributed by atoms with Crippen LogP contribution in [-0.2, 0) is 23.4 Å². The summed E-state index contributed by atoms with van der Waals surface area (Å²) < 4.78 is 38.3. The quantitative estimate of drug-likeness (QED) is 0.205. The molecule has 1 aromatic carbocycles. The summed E-state index contributed by atoms with van der Waals surface area (Å²) in [5, 5.41) is 24.3. The second-order valence-electron chi connectivity index (χ2n) is 10.9. The van der Waals surface area contributed by atoms with Crippen molar-refractivity contribution in [1.29, 1.82) is 0 Å². The van der Waals surface area contributed by atoms with Crippen LogP contribution in [0.1, 0.15) is 40.8 Å². The van der Waals surface area contributed by atoms with Crippen LogP contribution in [0.25, 0.3) is 11.2 Å². The van der Waals surface area contributed by atoms with Gasteiger partial charge in [-0.2, -0.15) is 5.09 Å². The Hall–Kier alpha value is -3.06. The molecule has 0 spiro atoms. The minimum atomic E-state index is -4.27. The van der Waals surface area contributed by atoms with Gasteiger partial charge in [0.15, 0.2) is 11.9 Å². The van der Waals surface area contributed by atoms with Gasteiger partial charge in [-0.15, -0.1) is 0 Å². The Bertz CT molecular complexity index is 1360. The second kappa shape index (κ2) is 11.8. The minimum absolute atomic E-state index is 0.157. The van der Waals surface area contributed by atoms with Crippen molar-refractivity contribution >= 4 is 30.6 Å². The lowest BCUT2D eigenvalue weighted by Crippen LogP contribution is -2.41. The van der Waals surface area contributed by atoms with Gasteiger partial charge in [-0.05, 0) is 37.5 Å². The van der Waals surface area contributed by atoms with Gasteiger partial charge in [-0.25, -0.2) is 14.5 Å². The summed E-state index contributed by atoms with van der Waals surface area (Å²) in [5.41, 5.74) is 6.86. The predicted molar refractivity (Wildman–Crippen MR) is 146 cm³/mol. The molecule has 0 bridgehead atoms. The molecule has 5 unspecified atom stereocenters. The molecule has 1 aliphatic heterocycles. The second-order valence-corrected chi connectivity index (χ2v) is 12.6. The van der Waals surface area contributed by atoms with E-state index in [1.165, 1.54) is 30.9 Å². The SMILES string of the molecule is CC(NP(=O)(Oc1ccccc1)OC(C)[C@H]1O[C@@H](n2cnc3c(N)ccnc32)C(O)C1O)C(=O)OCC(C)(C)C. The molecular weight excluding hydrogens is 541 g/mol. The number of nitrogens with zero attached hydrogens (tertiary/aromatic N) is 3. The molecule has 218 valence electrons. The molecular formula is C26H36N5O8P. The standard InChI is InChI=1S/C26H36N5O8P/c1-15(25(34)36-13-26(3,4)5)30-40(35,39-17-9-7-6-8-10-17)38-16(2)22-20(32)21(33)24(37-22)31-14-29-19-18(27)11-12-28-23(19)31/h6-12,14-16,20-22,24,32-33H,13H2,1-5H3,(H2,27,28)(H,30,35)/t15?,16?,20?,21?,22-,24-,40?/m1/s1. The monoisotopic (exact) mass is 577 g/mol. The molecule has 14 heteroatoms. The molecule has 40 heavy (non-hydrogen) atoms. The number of hydrogen-bond donors (Lipinski definition) is 4. The van der Waals surface area contributed by atoms with Crippen molar-refractivity contribution in [2.45, 2.75) is 71.3 Å². The maximum Gasteiger partial charge on any atom is 0.459 e. The normalized spacial score (nSPS) is 24.4. The number of hydrogen-bond acceptors (Lipinski definition) is 11. The molecule has 0 aliphatic carbocycles. The van der Waals surface area contributed by atoms with Crippen LogP contribution in [0.15, 0.2) is 48.9 Å². The summed E-state index contributed by atoms with van der Waals surface area (Å²) in [6.07, 6.45) is -3.24. The third-order valence-corrected chi connectivity index (χ3v) is 7.90. The third-order valence-electron chi connectivity index (χ3n) is 6.13. The Morgan fingerprint density at radius 3 is 2.55 bits per heavy atom. The van der Waals surface area contributed by atoms with E-state index in [0.717, 1.165) is 0 Å². The largest absolute Gasteiger partial charge is 0.464 e. The number of carbonyl (C=O) groups is 1. The van der Waals surface area contributed by atoms with Crippen LogP contribution >= 0.6 is 7.75 Å². The summed E-state index contributed by atoms with van der Waals surface area (Å²) in [6, 6.07) is 8.81. The van der Waals surface area contributed by atoms with Crippen LogP contribution in [0, 0.1) is 5.41 Å². The van der Waals surface area contributed by atoms with E-state index in [9.17, 15) is 19.6 Å². The number of aliphatic hydroxyl groups is 2. The number of nitrogens with one attached hydrogen (secondary N) is 1. The fourth-order valence-corrected chi connectivity index (χ4v) is 5.82. The van der Waals surface area contributed by atoms with E-state index in [1.807, 2.05) is 20.8 Å². The van der Waals surface area contributed by atoms with Gasteiger partial charge in [-0.1, -0.05) is 39.0 Å². The van der Waals surface area contributed by atoms with Gasteiger partial charge in [0.1, 0.15) is 35.6 Å². The summed E-state index contributed by atoms with van der Waals surface area (Å²) in [4.78, 5) is 21.1. The maximum absolute atomic E-state index is 14.0. The number of fused-ring (bicyclic) bond motifs is 1. The van der Waals surface area contributed by atoms with Crippen molar-refractivity contribution in [3.05, 3.63) is 48.9 Å². The first-order valence-electron chi connectivity index (χ1n) is 12.8. The molecule has 5 N–H and O–H groups in total. The number of aliphatic hydroxyl groups excluding tert-OH is 2. The average Bonchev–Trinajstić information content (AvgIpc) is 3.44. The van der Waals surface area contributed by atoms with E-state index < -0.39 is 50.4 Å². The molecule has 1 fully saturated rings. The molecule has 13 nitrogen and oxygen atoms in total. The highest BCUT2D eigenvalue weighted by Gasteiger charge is 2.49. The number of carbonyl (C=O) groups excluding carboxylic acids is 1. The van der Waals surface area contributed by atoms with Gasteiger partial charge in [0.25, 0.3) is 0 Å². The molecule has 1 saturated heterocycles. The zero-order valence-electron chi connectivity index (χ0n) is 23.0. The van der Waals surface area contributed by atoms with Gasteiger partial charge in [0, 0.05) is 6.20 Å². The van der Waals surface area contributed by atoms with Gasteiger partial charge in [-0.3, -0.25) is 13.9 Å². The third kappa shape index (κ3) is 6.80. The number of nitrogens with two attached hydrogens (primary N) is 1. The number of esters is 1. The number of nitrogen functional groups attached to an aromatic ring is 1. The Kier molecular flexibility index (Phi) is 8.83. The number of rotatable bonds is 10. The smallest absolute Gasteiger partial charge is 0.459 e. The van der Waals surface area contributed by atoms with Crippen molar-refractivity contribution in [2.24, 2.45) is 5.41 Å². The fraction of sp³-hybridized carbons (Fsp3) is 0.500. The highest BCUT2D eigenvalue weighted by molar-refractivity contribution is 7.52. The number of anilines is 1. The topological polar surface area (TPSA) is 180 Å². The van der Waals surface area contributed by atoms with E-state index in [4.69, 9.17) is 24.3 Å². The van der Waals surface area contributed by atoms with Crippen LogP contribution in [-0.4, -0.2) is 67.8 Å². The van der Waals surface area contributed by atoms with Crippen LogP contribution in [0.4, 0.5) is 5.69 Å². The highest BCUT2D eigenvalue weighted by Crippen LogP contribution is 2.48. The average molecular weight is 578 g/mol. The number of benzene rings is 1. The minimum Gasteiger partial charge on any atom is -0.464 e. The van der Waals surface area contributed by atoms with Crippen molar-refractivity contribution < 1.29 is 38.1 Å². The van der Waals surface area contributed by atoms with Crippen LogP contribution in [0.2, 0.25) is 0 Å². The van der Waals surface area contributed by atoms with Gasteiger partial charge < -0.3 is 29.9 Å². The maximum atomic E-state index is 14.0. The molecule has 4 rings (SSSR count). The van der Waals surface area contributed by atoms with E-state index in [-0.39, 0.29) is 17.8 Å². The lowest BCUT2D eigenvalue weighted by molar-refractivity contribution is -0.148. The summed E-state index contributed by atoms with van der Waals surface area (Å²) in [7, 11) is -4.27. The van der Waals surface area contributed by atoms with Gasteiger partial charge >= 0.3 is 13.7 Å². The molecule has 3 aromatic rings.